The quantitative estimate of drug-likeness (QED) is 0.893. The van der Waals surface area contributed by atoms with E-state index in [1.54, 1.807) is 12.1 Å². The molecule has 0 fully saturated rings. The normalized spacial score (nSPS) is 11.1. The van der Waals surface area contributed by atoms with Gasteiger partial charge in [0.15, 0.2) is 9.84 Å². The van der Waals surface area contributed by atoms with Crippen LogP contribution >= 0.6 is 0 Å². The van der Waals surface area contributed by atoms with E-state index < -0.39 is 15.8 Å². The summed E-state index contributed by atoms with van der Waals surface area (Å²) < 4.78 is 22.7. The number of anilines is 2. The van der Waals surface area contributed by atoms with E-state index in [1.807, 2.05) is 0 Å². The first-order chi connectivity index (χ1) is 9.38. The lowest BCUT2D eigenvalue weighted by Gasteiger charge is -2.09. The molecule has 104 valence electrons. The Morgan fingerprint density at radius 2 is 1.85 bits per heavy atom. The van der Waals surface area contributed by atoms with Crippen LogP contribution in [-0.4, -0.2) is 30.7 Å². The van der Waals surface area contributed by atoms with Gasteiger partial charge in [-0.25, -0.2) is 13.2 Å². The van der Waals surface area contributed by atoms with E-state index >= 15 is 0 Å². The van der Waals surface area contributed by atoms with Gasteiger partial charge in [-0.3, -0.25) is 4.98 Å². The van der Waals surface area contributed by atoms with E-state index in [-0.39, 0.29) is 10.5 Å². The number of nitrogens with zero attached hydrogens (tertiary/aromatic N) is 1. The van der Waals surface area contributed by atoms with Crippen LogP contribution in [0.5, 0.6) is 0 Å². The zero-order valence-electron chi connectivity index (χ0n) is 10.6. The highest BCUT2D eigenvalue weighted by atomic mass is 32.2. The second kappa shape index (κ2) is 5.30. The maximum atomic E-state index is 11.3. The molecule has 2 aromatic rings. The molecule has 1 aromatic carbocycles. The Morgan fingerprint density at radius 1 is 1.20 bits per heavy atom. The van der Waals surface area contributed by atoms with Crippen LogP contribution in [0.15, 0.2) is 47.6 Å². The van der Waals surface area contributed by atoms with Crippen LogP contribution < -0.4 is 5.32 Å². The summed E-state index contributed by atoms with van der Waals surface area (Å²) in [5.41, 5.74) is 1.01. The second-order valence-electron chi connectivity index (χ2n) is 4.15. The number of rotatable bonds is 4. The monoisotopic (exact) mass is 292 g/mol. The number of hydrogen-bond donors (Lipinski definition) is 2. The topological polar surface area (TPSA) is 96.4 Å². The molecule has 1 heterocycles. The minimum absolute atomic E-state index is 0.0900. The van der Waals surface area contributed by atoms with Gasteiger partial charge < -0.3 is 10.4 Å². The number of pyridine rings is 1. The minimum atomic E-state index is -3.25. The first kappa shape index (κ1) is 14.0. The standard InChI is InChI=1S/C13H12N2O4S/c1-20(18,19)10-4-2-9(3-5-10)15-12-8-14-7-6-11(12)13(16)17/h2-8,15H,1H3,(H,16,17). The molecule has 7 heteroatoms. The van der Waals surface area contributed by atoms with Crippen LogP contribution in [0.2, 0.25) is 0 Å². The third-order valence-corrected chi connectivity index (χ3v) is 3.74. The number of nitrogens with one attached hydrogen (secondary N) is 1. The Labute approximate surface area is 116 Å². The highest BCUT2D eigenvalue weighted by Gasteiger charge is 2.10. The zero-order valence-corrected chi connectivity index (χ0v) is 11.4. The lowest BCUT2D eigenvalue weighted by molar-refractivity contribution is 0.0698. The first-order valence-corrected chi connectivity index (χ1v) is 7.51. The van der Waals surface area contributed by atoms with Crippen LogP contribution in [0.3, 0.4) is 0 Å². The molecule has 0 aliphatic carbocycles. The molecule has 2 N–H and O–H groups in total. The molecule has 0 amide bonds. The van der Waals surface area contributed by atoms with E-state index in [4.69, 9.17) is 5.11 Å². The fraction of sp³-hybridized carbons (Fsp3) is 0.0769. The fourth-order valence-corrected chi connectivity index (χ4v) is 2.25. The Balaban J connectivity index is 2.30. The molecule has 0 aliphatic rings. The summed E-state index contributed by atoms with van der Waals surface area (Å²) in [5.74, 6) is -1.07. The number of aromatic carboxylic acids is 1. The van der Waals surface area contributed by atoms with Crippen molar-refractivity contribution < 1.29 is 18.3 Å². The van der Waals surface area contributed by atoms with Gasteiger partial charge in [-0.05, 0) is 30.3 Å². The van der Waals surface area contributed by atoms with Crippen LogP contribution in [0.4, 0.5) is 11.4 Å². The molecule has 2 rings (SSSR count). The van der Waals surface area contributed by atoms with Gasteiger partial charge in [0.25, 0.3) is 0 Å². The lowest BCUT2D eigenvalue weighted by Crippen LogP contribution is -2.03. The van der Waals surface area contributed by atoms with Gasteiger partial charge >= 0.3 is 5.97 Å². The molecule has 0 atom stereocenters. The largest absolute Gasteiger partial charge is 0.478 e. The van der Waals surface area contributed by atoms with E-state index in [0.717, 1.165) is 6.26 Å². The summed E-state index contributed by atoms with van der Waals surface area (Å²) >= 11 is 0. The molecule has 0 aliphatic heterocycles. The summed E-state index contributed by atoms with van der Waals surface area (Å²) in [6.45, 7) is 0. The van der Waals surface area contributed by atoms with Crippen molar-refractivity contribution in [3.05, 3.63) is 48.3 Å². The van der Waals surface area contributed by atoms with Gasteiger partial charge in [0, 0.05) is 18.1 Å². The third-order valence-electron chi connectivity index (χ3n) is 2.61. The van der Waals surface area contributed by atoms with Crippen LogP contribution in [-0.2, 0) is 9.84 Å². The summed E-state index contributed by atoms with van der Waals surface area (Å²) in [7, 11) is -3.25. The molecule has 0 saturated heterocycles. The molecule has 20 heavy (non-hydrogen) atoms. The average Bonchev–Trinajstić information content (AvgIpc) is 2.38. The summed E-state index contributed by atoms with van der Waals surface area (Å²) in [6, 6.07) is 7.42. The summed E-state index contributed by atoms with van der Waals surface area (Å²) in [4.78, 5) is 15.1. The lowest BCUT2D eigenvalue weighted by atomic mass is 10.2. The molecule has 6 nitrogen and oxygen atoms in total. The van der Waals surface area contributed by atoms with Crippen molar-refractivity contribution in [2.24, 2.45) is 0 Å². The van der Waals surface area contributed by atoms with Crippen molar-refractivity contribution in [2.45, 2.75) is 4.90 Å². The average molecular weight is 292 g/mol. The third kappa shape index (κ3) is 3.12. The number of carbonyl (C=O) groups is 1. The minimum Gasteiger partial charge on any atom is -0.478 e. The van der Waals surface area contributed by atoms with Crippen molar-refractivity contribution in [1.82, 2.24) is 4.98 Å². The molecular formula is C13H12N2O4S. The van der Waals surface area contributed by atoms with Gasteiger partial charge in [0.1, 0.15) is 0 Å². The fourth-order valence-electron chi connectivity index (χ4n) is 1.62. The highest BCUT2D eigenvalue weighted by molar-refractivity contribution is 7.90. The van der Waals surface area contributed by atoms with Crippen LogP contribution in [0, 0.1) is 0 Å². The molecule has 0 unspecified atom stereocenters. The predicted molar refractivity (Wildman–Crippen MR) is 74.0 cm³/mol. The van der Waals surface area contributed by atoms with Gasteiger partial charge in [-0.2, -0.15) is 0 Å². The van der Waals surface area contributed by atoms with Crippen molar-refractivity contribution in [3.8, 4) is 0 Å². The number of benzene rings is 1. The Kier molecular flexibility index (Phi) is 3.71. The van der Waals surface area contributed by atoms with Gasteiger partial charge in [0.05, 0.1) is 22.3 Å². The number of aromatic nitrogens is 1. The van der Waals surface area contributed by atoms with Gasteiger partial charge in [0.2, 0.25) is 0 Å². The highest BCUT2D eigenvalue weighted by Crippen LogP contribution is 2.21. The second-order valence-corrected chi connectivity index (χ2v) is 6.16. The molecule has 0 spiro atoms. The number of carboxylic acids is 1. The first-order valence-electron chi connectivity index (χ1n) is 5.62. The number of carboxylic acid groups (broad SMARTS) is 1. The van der Waals surface area contributed by atoms with Crippen LogP contribution in [0.1, 0.15) is 10.4 Å². The van der Waals surface area contributed by atoms with E-state index in [1.165, 1.54) is 30.6 Å². The maximum absolute atomic E-state index is 11.3. The van der Waals surface area contributed by atoms with E-state index in [2.05, 4.69) is 10.3 Å². The van der Waals surface area contributed by atoms with Crippen molar-refractivity contribution in [3.63, 3.8) is 0 Å². The Morgan fingerprint density at radius 3 is 2.40 bits per heavy atom. The molecule has 0 radical (unpaired) electrons. The molecular weight excluding hydrogens is 280 g/mol. The molecule has 0 bridgehead atoms. The number of hydrogen-bond acceptors (Lipinski definition) is 5. The van der Waals surface area contributed by atoms with Crippen molar-refractivity contribution in [2.75, 3.05) is 11.6 Å². The van der Waals surface area contributed by atoms with E-state index in [0.29, 0.717) is 11.4 Å². The molecule has 1 aromatic heterocycles. The van der Waals surface area contributed by atoms with Gasteiger partial charge in [-0.15, -0.1) is 0 Å². The van der Waals surface area contributed by atoms with Crippen LogP contribution in [0.25, 0.3) is 0 Å². The predicted octanol–water partition coefficient (Wildman–Crippen LogP) is 1.93. The van der Waals surface area contributed by atoms with Crippen molar-refractivity contribution in [1.29, 1.82) is 0 Å². The Hall–Kier alpha value is -2.41. The summed E-state index contributed by atoms with van der Waals surface area (Å²) in [6.07, 6.45) is 3.91. The van der Waals surface area contributed by atoms with Crippen molar-refractivity contribution >= 4 is 27.2 Å². The van der Waals surface area contributed by atoms with Gasteiger partial charge in [-0.1, -0.05) is 0 Å². The smallest absolute Gasteiger partial charge is 0.337 e. The Bertz CT molecular complexity index is 739. The number of sulfone groups is 1. The zero-order chi connectivity index (χ0) is 14.8. The maximum Gasteiger partial charge on any atom is 0.337 e. The summed E-state index contributed by atoms with van der Waals surface area (Å²) in [5, 5.41) is 11.9. The molecule has 0 saturated carbocycles. The van der Waals surface area contributed by atoms with E-state index in [9.17, 15) is 13.2 Å². The SMILES string of the molecule is CS(=O)(=O)c1ccc(Nc2cnccc2C(=O)O)cc1.